The molecular weight excluding hydrogens is 456 g/mol. The Labute approximate surface area is 200 Å². The van der Waals surface area contributed by atoms with Crippen LogP contribution >= 0.6 is 0 Å². The lowest BCUT2D eigenvalue weighted by atomic mass is 9.93. The highest BCUT2D eigenvalue weighted by Gasteiger charge is 2.37. The zero-order valence-electron chi connectivity index (χ0n) is 19.2. The number of carbonyl (C=O) groups excluding carboxylic acids is 1. The summed E-state index contributed by atoms with van der Waals surface area (Å²) >= 11 is 0. The molecule has 2 heterocycles. The van der Waals surface area contributed by atoms with Crippen LogP contribution in [0.1, 0.15) is 17.3 Å². The highest BCUT2D eigenvalue weighted by molar-refractivity contribution is 6.01. The number of methoxy groups -OCH3 is 1. The summed E-state index contributed by atoms with van der Waals surface area (Å²) in [5.74, 6) is -1.58. The van der Waals surface area contributed by atoms with E-state index in [0.717, 1.165) is 0 Å². The van der Waals surface area contributed by atoms with Gasteiger partial charge < -0.3 is 15.2 Å². The van der Waals surface area contributed by atoms with Gasteiger partial charge in [-0.25, -0.2) is 8.78 Å². The molecule has 2 aromatic carbocycles. The van der Waals surface area contributed by atoms with Gasteiger partial charge in [-0.1, -0.05) is 6.07 Å². The summed E-state index contributed by atoms with van der Waals surface area (Å²) in [6, 6.07) is 13.3. The van der Waals surface area contributed by atoms with Crippen molar-refractivity contribution in [1.29, 1.82) is 0 Å². The molecule has 4 aromatic rings. The van der Waals surface area contributed by atoms with Crippen LogP contribution in [0.25, 0.3) is 22.5 Å². The number of aromatic nitrogens is 4. The molecule has 0 spiro atoms. The quantitative estimate of drug-likeness (QED) is 0.340. The zero-order valence-corrected chi connectivity index (χ0v) is 19.2. The largest absolute Gasteiger partial charge is 0.394 e. The first-order chi connectivity index (χ1) is 16.8. The van der Waals surface area contributed by atoms with Gasteiger partial charge in [-0.15, -0.1) is 0 Å². The summed E-state index contributed by atoms with van der Waals surface area (Å²) in [5.41, 5.74) is 0.395. The number of carbonyl (C=O) groups is 1. The molecule has 4 rings (SSSR count). The summed E-state index contributed by atoms with van der Waals surface area (Å²) < 4.78 is 35.3. The molecule has 8 nitrogen and oxygen atoms in total. The average molecular weight is 482 g/mol. The second-order valence-corrected chi connectivity index (χ2v) is 8.32. The van der Waals surface area contributed by atoms with Gasteiger partial charge >= 0.3 is 0 Å². The molecule has 0 aliphatic rings. The van der Waals surface area contributed by atoms with Crippen LogP contribution in [-0.2, 0) is 11.3 Å². The average Bonchev–Trinajstić information content (AvgIpc) is 3.52. The minimum Gasteiger partial charge on any atom is -0.394 e. The van der Waals surface area contributed by atoms with Gasteiger partial charge in [0.15, 0.2) is 0 Å². The van der Waals surface area contributed by atoms with Crippen LogP contribution in [0.2, 0.25) is 0 Å². The van der Waals surface area contributed by atoms with Crippen LogP contribution in [0.5, 0.6) is 0 Å². The molecule has 0 aliphatic heterocycles. The Morgan fingerprint density at radius 1 is 1.23 bits per heavy atom. The van der Waals surface area contributed by atoms with Crippen molar-refractivity contribution in [3.05, 3.63) is 84.2 Å². The van der Waals surface area contributed by atoms with Crippen molar-refractivity contribution in [2.24, 2.45) is 0 Å². The van der Waals surface area contributed by atoms with Gasteiger partial charge in [0.25, 0.3) is 5.91 Å². The van der Waals surface area contributed by atoms with Crippen molar-refractivity contribution in [1.82, 2.24) is 25.3 Å². The third kappa shape index (κ3) is 5.13. The Bertz CT molecular complexity index is 1290. The van der Waals surface area contributed by atoms with Crippen molar-refractivity contribution >= 4 is 5.91 Å². The fraction of sp³-hybridized carbons (Fsp3) is 0.240. The molecule has 35 heavy (non-hydrogen) atoms. The van der Waals surface area contributed by atoms with Crippen molar-refractivity contribution in [2.75, 3.05) is 13.7 Å². The molecule has 182 valence electrons. The Kier molecular flexibility index (Phi) is 7.04. The number of hydrogen-bond acceptors (Lipinski definition) is 5. The number of amides is 1. The molecule has 1 amide bonds. The minimum atomic E-state index is -1.08. The van der Waals surface area contributed by atoms with E-state index < -0.39 is 23.4 Å². The first-order valence-corrected chi connectivity index (χ1v) is 10.9. The molecule has 10 heteroatoms. The van der Waals surface area contributed by atoms with Gasteiger partial charge in [-0.2, -0.15) is 10.2 Å². The second-order valence-electron chi connectivity index (χ2n) is 8.32. The van der Waals surface area contributed by atoms with Crippen molar-refractivity contribution in [3.8, 4) is 22.5 Å². The fourth-order valence-corrected chi connectivity index (χ4v) is 4.02. The van der Waals surface area contributed by atoms with Gasteiger partial charge in [0.05, 0.1) is 41.2 Å². The van der Waals surface area contributed by atoms with E-state index in [9.17, 15) is 14.3 Å². The van der Waals surface area contributed by atoms with Crippen molar-refractivity contribution < 1.29 is 23.4 Å². The Morgan fingerprint density at radius 3 is 2.66 bits per heavy atom. The van der Waals surface area contributed by atoms with Crippen molar-refractivity contribution in [2.45, 2.75) is 25.1 Å². The van der Waals surface area contributed by atoms with Gasteiger partial charge in [0, 0.05) is 19.5 Å². The molecule has 0 unspecified atom stereocenters. The standard InChI is InChI=1S/C25H25F2N5O3/c1-25(22(14-33)35-2,15-32-12-4-11-28-32)29-24(34)18-5-3-6-19(27)23(18)21-13-20(30-31-21)16-7-9-17(26)10-8-16/h3-13,22,33H,14-15H2,1-2H3,(H,29,34)(H,30,31)/t22-,25+/m1/s1. The number of ether oxygens (including phenoxy) is 1. The number of aliphatic hydroxyl groups is 1. The van der Waals surface area contributed by atoms with Gasteiger partial charge in [0.1, 0.15) is 17.7 Å². The van der Waals surface area contributed by atoms with Crippen LogP contribution in [0, 0.1) is 11.6 Å². The van der Waals surface area contributed by atoms with Crippen LogP contribution in [0.3, 0.4) is 0 Å². The number of nitrogens with one attached hydrogen (secondary N) is 2. The van der Waals surface area contributed by atoms with E-state index in [-0.39, 0.29) is 35.8 Å². The Hall–Kier alpha value is -3.89. The van der Waals surface area contributed by atoms with Crippen molar-refractivity contribution in [3.63, 3.8) is 0 Å². The molecule has 2 atom stereocenters. The number of aromatic amines is 1. The number of nitrogens with zero attached hydrogens (tertiary/aromatic N) is 3. The predicted octanol–water partition coefficient (Wildman–Crippen LogP) is 3.41. The number of rotatable bonds is 9. The van der Waals surface area contributed by atoms with Crippen LogP contribution in [0.4, 0.5) is 8.78 Å². The van der Waals surface area contributed by atoms with E-state index >= 15 is 4.39 Å². The summed E-state index contributed by atoms with van der Waals surface area (Å²) in [4.78, 5) is 13.5. The fourth-order valence-electron chi connectivity index (χ4n) is 4.02. The first-order valence-electron chi connectivity index (χ1n) is 10.9. The van der Waals surface area contributed by atoms with Gasteiger partial charge in [-0.3, -0.25) is 14.6 Å². The molecule has 3 N–H and O–H groups in total. The first kappa shape index (κ1) is 24.2. The smallest absolute Gasteiger partial charge is 0.252 e. The molecule has 0 aliphatic carbocycles. The molecule has 0 radical (unpaired) electrons. The maximum Gasteiger partial charge on any atom is 0.252 e. The maximum atomic E-state index is 15.0. The van der Waals surface area contributed by atoms with E-state index in [1.807, 2.05) is 0 Å². The molecule has 0 saturated heterocycles. The van der Waals surface area contributed by atoms with Crippen LogP contribution in [0.15, 0.2) is 67.0 Å². The maximum absolute atomic E-state index is 15.0. The molecular formula is C25H25F2N5O3. The third-order valence-electron chi connectivity index (χ3n) is 5.86. The number of benzene rings is 2. The molecule has 0 saturated carbocycles. The highest BCUT2D eigenvalue weighted by atomic mass is 19.1. The Balaban J connectivity index is 1.68. The molecule has 2 aromatic heterocycles. The van der Waals surface area contributed by atoms with E-state index in [4.69, 9.17) is 4.74 Å². The predicted molar refractivity (Wildman–Crippen MR) is 125 cm³/mol. The zero-order chi connectivity index (χ0) is 25.0. The third-order valence-corrected chi connectivity index (χ3v) is 5.86. The highest BCUT2D eigenvalue weighted by Crippen LogP contribution is 2.30. The topological polar surface area (TPSA) is 105 Å². The van der Waals surface area contributed by atoms with Gasteiger partial charge in [0.2, 0.25) is 0 Å². The summed E-state index contributed by atoms with van der Waals surface area (Å²) in [7, 11) is 1.43. The number of hydrogen-bond donors (Lipinski definition) is 3. The second kappa shape index (κ2) is 10.2. The van der Waals surface area contributed by atoms with E-state index in [0.29, 0.717) is 11.3 Å². The lowest BCUT2D eigenvalue weighted by Gasteiger charge is -2.36. The van der Waals surface area contributed by atoms with E-state index in [1.54, 1.807) is 48.3 Å². The number of H-pyrrole nitrogens is 1. The van der Waals surface area contributed by atoms with Crippen LogP contribution < -0.4 is 5.32 Å². The molecule has 0 bridgehead atoms. The summed E-state index contributed by atoms with van der Waals surface area (Å²) in [5, 5.41) is 24.0. The monoisotopic (exact) mass is 481 g/mol. The summed E-state index contributed by atoms with van der Waals surface area (Å²) in [6.07, 6.45) is 2.57. The van der Waals surface area contributed by atoms with Crippen LogP contribution in [-0.4, -0.2) is 56.4 Å². The minimum absolute atomic E-state index is 0.00835. The molecule has 0 fully saturated rings. The normalized spacial score (nSPS) is 13.9. The lowest BCUT2D eigenvalue weighted by molar-refractivity contribution is -0.0195. The van der Waals surface area contributed by atoms with E-state index in [1.165, 1.54) is 37.4 Å². The lowest BCUT2D eigenvalue weighted by Crippen LogP contribution is -2.59. The summed E-state index contributed by atoms with van der Waals surface area (Å²) in [6.45, 7) is 1.56. The SMILES string of the molecule is CO[C@H](CO)[C@](C)(Cn1cccn1)NC(=O)c1cccc(F)c1-c1cc(-c2ccc(F)cc2)[nH]n1. The van der Waals surface area contributed by atoms with E-state index in [2.05, 4.69) is 20.6 Å². The number of halogens is 2. The number of aliphatic hydroxyl groups excluding tert-OH is 1. The Morgan fingerprint density at radius 2 is 2.00 bits per heavy atom. The van der Waals surface area contributed by atoms with Gasteiger partial charge in [-0.05, 0) is 61.0 Å².